The van der Waals surface area contributed by atoms with Crippen LogP contribution in [0, 0.1) is 11.3 Å². The Balaban J connectivity index is 2.38. The second-order valence-electron chi connectivity index (χ2n) is 4.36. The lowest BCUT2D eigenvalue weighted by Gasteiger charge is -2.33. The summed E-state index contributed by atoms with van der Waals surface area (Å²) in [6, 6.07) is 6.24. The highest BCUT2D eigenvalue weighted by atomic mass is 35.5. The number of nitriles is 1. The van der Waals surface area contributed by atoms with Crippen LogP contribution in [0.3, 0.4) is 0 Å². The first kappa shape index (κ1) is 13.3. The third-order valence-electron chi connectivity index (χ3n) is 3.31. The van der Waals surface area contributed by atoms with Crippen molar-refractivity contribution in [3.05, 3.63) is 28.8 Å². The van der Waals surface area contributed by atoms with E-state index in [4.69, 9.17) is 16.9 Å². The van der Waals surface area contributed by atoms with Gasteiger partial charge in [-0.3, -0.25) is 0 Å². The Morgan fingerprint density at radius 2 is 2.11 bits per heavy atom. The molecule has 4 nitrogen and oxygen atoms in total. The standard InChI is InChI=1S/C12H13ClN2O2S/c1-15(10-3-2-4-10)18(16,17)12-6-5-9(8-14)7-11(12)13/h5-7,10H,2-4H2,1H3. The van der Waals surface area contributed by atoms with Gasteiger partial charge < -0.3 is 0 Å². The van der Waals surface area contributed by atoms with Gasteiger partial charge in [0.2, 0.25) is 10.0 Å². The van der Waals surface area contributed by atoms with Gasteiger partial charge in [-0.2, -0.15) is 9.57 Å². The normalized spacial score (nSPS) is 16.3. The van der Waals surface area contributed by atoms with Gasteiger partial charge >= 0.3 is 0 Å². The lowest BCUT2D eigenvalue weighted by molar-refractivity contribution is 0.249. The Bertz CT molecular complexity index is 603. The summed E-state index contributed by atoms with van der Waals surface area (Å²) in [7, 11) is -1.99. The Kier molecular flexibility index (Phi) is 3.62. The van der Waals surface area contributed by atoms with Crippen LogP contribution in [0.25, 0.3) is 0 Å². The first-order valence-electron chi connectivity index (χ1n) is 5.64. The number of hydrogen-bond donors (Lipinski definition) is 0. The minimum Gasteiger partial charge on any atom is -0.207 e. The predicted molar refractivity (Wildman–Crippen MR) is 68.8 cm³/mol. The summed E-state index contributed by atoms with van der Waals surface area (Å²) in [5.74, 6) is 0. The van der Waals surface area contributed by atoms with Crippen LogP contribution in [0.4, 0.5) is 0 Å². The van der Waals surface area contributed by atoms with Gasteiger partial charge in [0.25, 0.3) is 0 Å². The molecule has 1 aliphatic rings. The average molecular weight is 285 g/mol. The van der Waals surface area contributed by atoms with Crippen molar-refractivity contribution in [3.8, 4) is 6.07 Å². The molecular weight excluding hydrogens is 272 g/mol. The molecule has 1 aliphatic carbocycles. The number of rotatable bonds is 3. The highest BCUT2D eigenvalue weighted by molar-refractivity contribution is 7.89. The molecule has 96 valence electrons. The van der Waals surface area contributed by atoms with Crippen molar-refractivity contribution < 1.29 is 8.42 Å². The van der Waals surface area contributed by atoms with Crippen LogP contribution in [-0.4, -0.2) is 25.8 Å². The third kappa shape index (κ3) is 2.24. The van der Waals surface area contributed by atoms with Gasteiger partial charge in [-0.15, -0.1) is 0 Å². The smallest absolute Gasteiger partial charge is 0.207 e. The van der Waals surface area contributed by atoms with Crippen LogP contribution < -0.4 is 0 Å². The SMILES string of the molecule is CN(C1CCC1)S(=O)(=O)c1ccc(C#N)cc1Cl. The summed E-state index contributed by atoms with van der Waals surface area (Å²) in [6.07, 6.45) is 2.85. The fourth-order valence-corrected chi connectivity index (χ4v) is 3.81. The molecule has 0 aromatic heterocycles. The summed E-state index contributed by atoms with van der Waals surface area (Å²) < 4.78 is 26.1. The van der Waals surface area contributed by atoms with Crippen LogP contribution in [0.1, 0.15) is 24.8 Å². The van der Waals surface area contributed by atoms with Crippen LogP contribution in [0.15, 0.2) is 23.1 Å². The van der Waals surface area contributed by atoms with Crippen LogP contribution in [0.2, 0.25) is 5.02 Å². The molecule has 1 fully saturated rings. The minimum atomic E-state index is -3.56. The molecule has 0 amide bonds. The van der Waals surface area contributed by atoms with Gasteiger partial charge in [-0.05, 0) is 31.0 Å². The zero-order chi connectivity index (χ0) is 13.3. The summed E-state index contributed by atoms with van der Waals surface area (Å²) >= 11 is 5.95. The summed E-state index contributed by atoms with van der Waals surface area (Å²) in [6.45, 7) is 0. The molecule has 0 bridgehead atoms. The largest absolute Gasteiger partial charge is 0.244 e. The molecule has 6 heteroatoms. The fourth-order valence-electron chi connectivity index (χ4n) is 1.88. The van der Waals surface area contributed by atoms with E-state index in [0.29, 0.717) is 5.56 Å². The number of hydrogen-bond acceptors (Lipinski definition) is 3. The molecule has 0 aliphatic heterocycles. The molecule has 18 heavy (non-hydrogen) atoms. The summed E-state index contributed by atoms with van der Waals surface area (Å²) in [5, 5.41) is 8.83. The topological polar surface area (TPSA) is 61.2 Å². The highest BCUT2D eigenvalue weighted by Gasteiger charge is 2.32. The average Bonchev–Trinajstić information content (AvgIpc) is 2.26. The van der Waals surface area contributed by atoms with Crippen molar-refractivity contribution >= 4 is 21.6 Å². The molecule has 0 radical (unpaired) electrons. The Morgan fingerprint density at radius 3 is 2.56 bits per heavy atom. The van der Waals surface area contributed by atoms with Gasteiger partial charge in [-0.1, -0.05) is 18.0 Å². The van der Waals surface area contributed by atoms with E-state index in [0.717, 1.165) is 19.3 Å². The highest BCUT2D eigenvalue weighted by Crippen LogP contribution is 2.31. The quantitative estimate of drug-likeness (QED) is 0.856. The maximum absolute atomic E-state index is 12.3. The molecule has 1 aromatic carbocycles. The Hall–Kier alpha value is -1.09. The zero-order valence-electron chi connectivity index (χ0n) is 9.93. The van der Waals surface area contributed by atoms with Gasteiger partial charge in [0.15, 0.2) is 0 Å². The number of sulfonamides is 1. The monoisotopic (exact) mass is 284 g/mol. The van der Waals surface area contributed by atoms with Crippen LogP contribution in [-0.2, 0) is 10.0 Å². The van der Waals surface area contributed by atoms with Gasteiger partial charge in [0.05, 0.1) is 16.7 Å². The molecule has 0 spiro atoms. The zero-order valence-corrected chi connectivity index (χ0v) is 11.5. The number of nitrogens with zero attached hydrogens (tertiary/aromatic N) is 2. The van der Waals surface area contributed by atoms with Crippen molar-refractivity contribution in [1.29, 1.82) is 5.26 Å². The maximum atomic E-state index is 12.3. The molecule has 0 saturated heterocycles. The molecule has 0 unspecified atom stereocenters. The van der Waals surface area contributed by atoms with Crippen molar-refractivity contribution in [1.82, 2.24) is 4.31 Å². The summed E-state index contributed by atoms with van der Waals surface area (Å²) in [5.41, 5.74) is 0.352. The number of halogens is 1. The molecule has 0 N–H and O–H groups in total. The van der Waals surface area contributed by atoms with Crippen LogP contribution >= 0.6 is 11.6 Å². The van der Waals surface area contributed by atoms with Crippen LogP contribution in [0.5, 0.6) is 0 Å². The van der Waals surface area contributed by atoms with E-state index in [9.17, 15) is 8.42 Å². The third-order valence-corrected chi connectivity index (χ3v) is 5.70. The first-order valence-corrected chi connectivity index (χ1v) is 7.46. The Morgan fingerprint density at radius 1 is 1.44 bits per heavy atom. The summed E-state index contributed by atoms with van der Waals surface area (Å²) in [4.78, 5) is 0.0672. The molecule has 0 atom stereocenters. The second-order valence-corrected chi connectivity index (χ2v) is 6.74. The molecule has 0 heterocycles. The minimum absolute atomic E-state index is 0.0672. The van der Waals surface area contributed by atoms with E-state index in [1.807, 2.05) is 6.07 Å². The van der Waals surface area contributed by atoms with Gasteiger partial charge in [0, 0.05) is 13.1 Å². The molecule has 1 aromatic rings. The Labute approximate surface area is 112 Å². The van der Waals surface area contributed by atoms with Gasteiger partial charge in [0.1, 0.15) is 4.90 Å². The predicted octanol–water partition coefficient (Wildman–Crippen LogP) is 2.38. The first-order chi connectivity index (χ1) is 8.46. The molecule has 2 rings (SSSR count). The van der Waals surface area contributed by atoms with E-state index >= 15 is 0 Å². The second kappa shape index (κ2) is 4.88. The maximum Gasteiger partial charge on any atom is 0.244 e. The lowest BCUT2D eigenvalue weighted by Crippen LogP contribution is -2.41. The van der Waals surface area contributed by atoms with Crippen molar-refractivity contribution in [2.75, 3.05) is 7.05 Å². The van der Waals surface area contributed by atoms with Crippen molar-refractivity contribution in [3.63, 3.8) is 0 Å². The fraction of sp³-hybridized carbons (Fsp3) is 0.417. The van der Waals surface area contributed by atoms with E-state index in [2.05, 4.69) is 0 Å². The van der Waals surface area contributed by atoms with E-state index < -0.39 is 10.0 Å². The number of benzene rings is 1. The van der Waals surface area contributed by atoms with Crippen molar-refractivity contribution in [2.24, 2.45) is 0 Å². The van der Waals surface area contributed by atoms with E-state index in [1.54, 1.807) is 7.05 Å². The molecule has 1 saturated carbocycles. The van der Waals surface area contributed by atoms with Gasteiger partial charge in [-0.25, -0.2) is 8.42 Å². The lowest BCUT2D eigenvalue weighted by atomic mass is 9.94. The molecular formula is C12H13ClN2O2S. The van der Waals surface area contributed by atoms with E-state index in [1.165, 1.54) is 22.5 Å². The van der Waals surface area contributed by atoms with E-state index in [-0.39, 0.29) is 16.0 Å². The van der Waals surface area contributed by atoms with Crippen molar-refractivity contribution in [2.45, 2.75) is 30.2 Å².